The molecule has 0 aromatic rings. The molecule has 5 unspecified atom stereocenters. The fraction of sp³-hybridized carbons (Fsp3) is 1.00. The van der Waals surface area contributed by atoms with Gasteiger partial charge in [0.1, 0.15) is 5.54 Å². The predicted molar refractivity (Wildman–Crippen MR) is 208 cm³/mol. The highest BCUT2D eigenvalue weighted by Crippen LogP contribution is 2.55. The summed E-state index contributed by atoms with van der Waals surface area (Å²) in [7, 11) is 9.45. The van der Waals surface area contributed by atoms with E-state index in [1.807, 2.05) is 0 Å². The largest absolute Gasteiger partial charge is 0.302 e. The number of fused-ring (bicyclic) bond motifs is 1. The van der Waals surface area contributed by atoms with Crippen molar-refractivity contribution in [1.82, 2.24) is 40.6 Å². The van der Waals surface area contributed by atoms with Crippen LogP contribution >= 0.6 is 0 Å². The lowest BCUT2D eigenvalue weighted by atomic mass is 9.60. The van der Waals surface area contributed by atoms with Crippen molar-refractivity contribution in [1.29, 1.82) is 0 Å². The summed E-state index contributed by atoms with van der Waals surface area (Å²) in [5.74, 6) is -0.326. The lowest BCUT2D eigenvalue weighted by Gasteiger charge is -2.76. The first kappa shape index (κ1) is 43.8. The predicted octanol–water partition coefficient (Wildman–Crippen LogP) is 4.28. The Morgan fingerprint density at radius 2 is 1.15 bits per heavy atom. The molecule has 0 bridgehead atoms. The van der Waals surface area contributed by atoms with Crippen LogP contribution < -0.4 is 21.1 Å². The maximum atomic E-state index is 4.57. The molecule has 0 spiro atoms. The summed E-state index contributed by atoms with van der Waals surface area (Å²) in [5, 5.41) is 10.2. The van der Waals surface area contributed by atoms with Gasteiger partial charge < -0.3 is 4.90 Å². The van der Waals surface area contributed by atoms with Gasteiger partial charge in [-0.05, 0) is 91.9 Å². The van der Waals surface area contributed by atoms with Crippen LogP contribution in [0.1, 0.15) is 132 Å². The SMILES string of the molecule is CCCCN(CCCC)C(CN(CC)CC)C1(N[NH+](C)C)NC2(N(CCCC)CCCC)NCC(N(CCCC)CCCC)C12N(C)C. The van der Waals surface area contributed by atoms with Crippen LogP contribution in [0.15, 0.2) is 0 Å². The van der Waals surface area contributed by atoms with Gasteiger partial charge in [0, 0.05) is 32.2 Å². The molecule has 2 saturated heterocycles. The average molecular weight is 681 g/mol. The summed E-state index contributed by atoms with van der Waals surface area (Å²) in [6.45, 7) is 29.9. The van der Waals surface area contributed by atoms with Gasteiger partial charge in [-0.25, -0.2) is 0 Å². The Hall–Kier alpha value is -0.360. The van der Waals surface area contributed by atoms with Crippen molar-refractivity contribution in [3.63, 3.8) is 0 Å². The summed E-state index contributed by atoms with van der Waals surface area (Å²) in [6, 6.07) is 0.657. The lowest BCUT2D eigenvalue weighted by molar-refractivity contribution is -0.918. The van der Waals surface area contributed by atoms with Gasteiger partial charge in [0.05, 0.1) is 20.1 Å². The molecule has 0 radical (unpaired) electrons. The van der Waals surface area contributed by atoms with Gasteiger partial charge in [-0.3, -0.25) is 35.2 Å². The third kappa shape index (κ3) is 9.35. The quantitative estimate of drug-likeness (QED) is 0.0875. The zero-order valence-electron chi connectivity index (χ0n) is 34.4. The number of unbranched alkanes of at least 4 members (excludes halogenated alkanes) is 6. The highest BCUT2D eigenvalue weighted by atomic mass is 15.7. The van der Waals surface area contributed by atoms with Crippen LogP contribution in [0.3, 0.4) is 0 Å². The Kier molecular flexibility index (Phi) is 20.0. The van der Waals surface area contributed by atoms with Crippen molar-refractivity contribution in [3.8, 4) is 0 Å². The Bertz CT molecular complexity index is 814. The molecule has 2 heterocycles. The van der Waals surface area contributed by atoms with Crippen molar-refractivity contribution in [2.45, 2.75) is 162 Å². The highest BCUT2D eigenvalue weighted by molar-refractivity contribution is 5.40. The van der Waals surface area contributed by atoms with Crippen LogP contribution in [0.4, 0.5) is 0 Å². The number of hydrogen-bond acceptors (Lipinski definition) is 8. The molecule has 0 aromatic carbocycles. The molecule has 2 fully saturated rings. The Balaban J connectivity index is 3.03. The standard InChI is InChI=1S/C39H85N9/c1-13-21-27-46(28-22-14-2)35-33-40-39(48(31-25-17-5)32-26-18-6)37(35,43(9)10)38(41-39,42-44(11)12)36(34-45(19-7)20-8)47(29-23-15-3)30-24-16-4/h35-36,40-42H,13-34H2,1-12H3/p+1. The minimum Gasteiger partial charge on any atom is -0.302 e. The van der Waals surface area contributed by atoms with E-state index in [0.29, 0.717) is 12.1 Å². The molecular formula is C39H86N9+. The first-order chi connectivity index (χ1) is 23.1. The maximum absolute atomic E-state index is 4.57. The van der Waals surface area contributed by atoms with Gasteiger partial charge in [-0.1, -0.05) is 93.9 Å². The first-order valence-electron chi connectivity index (χ1n) is 20.9. The minimum atomic E-state index is -0.360. The van der Waals surface area contributed by atoms with Crippen LogP contribution in [0.25, 0.3) is 0 Å². The maximum Gasteiger partial charge on any atom is 0.160 e. The topological polar surface area (TPSA) is 56.7 Å². The molecule has 4 N–H and O–H groups in total. The molecule has 286 valence electrons. The van der Waals surface area contributed by atoms with E-state index in [1.54, 1.807) is 0 Å². The fourth-order valence-corrected chi connectivity index (χ4v) is 9.20. The van der Waals surface area contributed by atoms with Crippen molar-refractivity contribution >= 4 is 0 Å². The molecule has 2 rings (SSSR count). The first-order valence-corrected chi connectivity index (χ1v) is 20.9. The van der Waals surface area contributed by atoms with Gasteiger partial charge in [-0.15, -0.1) is 5.43 Å². The van der Waals surface area contributed by atoms with Crippen molar-refractivity contribution in [3.05, 3.63) is 0 Å². The fourth-order valence-electron chi connectivity index (χ4n) is 9.20. The molecular weight excluding hydrogens is 594 g/mol. The molecule has 0 amide bonds. The lowest BCUT2D eigenvalue weighted by Crippen LogP contribution is -3.22. The zero-order valence-corrected chi connectivity index (χ0v) is 34.4. The third-order valence-electron chi connectivity index (χ3n) is 11.7. The minimum absolute atomic E-state index is 0.227. The molecule has 9 heteroatoms. The van der Waals surface area contributed by atoms with Crippen molar-refractivity contribution in [2.24, 2.45) is 0 Å². The number of rotatable bonds is 29. The van der Waals surface area contributed by atoms with Crippen molar-refractivity contribution in [2.75, 3.05) is 93.6 Å². The molecule has 0 saturated carbocycles. The van der Waals surface area contributed by atoms with Crippen LogP contribution in [0, 0.1) is 0 Å². The van der Waals surface area contributed by atoms with E-state index in [-0.39, 0.29) is 17.0 Å². The Morgan fingerprint density at radius 1 is 0.688 bits per heavy atom. The van der Waals surface area contributed by atoms with Crippen molar-refractivity contribution < 1.29 is 5.01 Å². The summed E-state index contributed by atoms with van der Waals surface area (Å²) < 4.78 is 0. The van der Waals surface area contributed by atoms with E-state index in [1.165, 1.54) is 95.1 Å². The van der Waals surface area contributed by atoms with E-state index < -0.39 is 0 Å². The number of likely N-dealkylation sites (N-methyl/N-ethyl adjacent to an activating group) is 2. The number of hydrogen-bond donors (Lipinski definition) is 4. The molecule has 2 aliphatic rings. The van der Waals surface area contributed by atoms with Gasteiger partial charge in [-0.2, -0.15) is 0 Å². The second-order valence-corrected chi connectivity index (χ2v) is 15.5. The molecule has 2 aliphatic heterocycles. The molecule has 0 aromatic heterocycles. The zero-order chi connectivity index (χ0) is 35.8. The molecule has 5 atom stereocenters. The van der Waals surface area contributed by atoms with E-state index in [4.69, 9.17) is 0 Å². The second kappa shape index (κ2) is 21.9. The van der Waals surface area contributed by atoms with Gasteiger partial charge in [0.2, 0.25) is 0 Å². The van der Waals surface area contributed by atoms with Crippen LogP contribution in [-0.4, -0.2) is 147 Å². The molecule has 48 heavy (non-hydrogen) atoms. The summed E-state index contributed by atoms with van der Waals surface area (Å²) in [6.07, 6.45) is 14.8. The van der Waals surface area contributed by atoms with Gasteiger partial charge >= 0.3 is 0 Å². The normalized spacial score (nSPS) is 26.5. The highest BCUT2D eigenvalue weighted by Gasteiger charge is 2.86. The Labute approximate surface area is 300 Å². The third-order valence-corrected chi connectivity index (χ3v) is 11.7. The van der Waals surface area contributed by atoms with E-state index in [9.17, 15) is 0 Å². The van der Waals surface area contributed by atoms with Crippen LogP contribution in [0.2, 0.25) is 0 Å². The average Bonchev–Trinajstić information content (AvgIpc) is 3.35. The number of quaternary nitrogens is 1. The van der Waals surface area contributed by atoms with Gasteiger partial charge in [0.15, 0.2) is 11.4 Å². The number of nitrogens with one attached hydrogen (secondary N) is 4. The summed E-state index contributed by atoms with van der Waals surface area (Å²) >= 11 is 0. The molecule has 0 aliphatic carbocycles. The number of nitrogens with zero attached hydrogens (tertiary/aromatic N) is 5. The van der Waals surface area contributed by atoms with Gasteiger partial charge in [0.25, 0.3) is 0 Å². The van der Waals surface area contributed by atoms with Crippen LogP contribution in [0.5, 0.6) is 0 Å². The Morgan fingerprint density at radius 3 is 1.56 bits per heavy atom. The van der Waals surface area contributed by atoms with E-state index >= 15 is 0 Å². The monoisotopic (exact) mass is 681 g/mol. The van der Waals surface area contributed by atoms with Crippen LogP contribution in [-0.2, 0) is 0 Å². The smallest absolute Gasteiger partial charge is 0.160 e. The molecule has 9 nitrogen and oxygen atoms in total. The summed E-state index contributed by atoms with van der Waals surface area (Å²) in [4.78, 5) is 14.1. The van der Waals surface area contributed by atoms with E-state index in [2.05, 4.69) is 124 Å². The summed E-state index contributed by atoms with van der Waals surface area (Å²) in [5.41, 5.74) is 3.78. The second-order valence-electron chi connectivity index (χ2n) is 15.5. The van der Waals surface area contributed by atoms with E-state index in [0.717, 1.165) is 52.4 Å².